The van der Waals surface area contributed by atoms with Crippen molar-refractivity contribution in [2.24, 2.45) is 5.92 Å². The molecule has 0 bridgehead atoms. The Hall–Kier alpha value is -0.930. The summed E-state index contributed by atoms with van der Waals surface area (Å²) in [4.78, 5) is 4.09. The molecule has 1 aliphatic carbocycles. The number of nitrogens with one attached hydrogen (secondary N) is 1. The minimum Gasteiger partial charge on any atom is -0.379 e. The van der Waals surface area contributed by atoms with E-state index in [2.05, 4.69) is 22.4 Å². The van der Waals surface area contributed by atoms with Crippen LogP contribution in [0.2, 0.25) is 0 Å². The van der Waals surface area contributed by atoms with Crippen molar-refractivity contribution in [2.45, 2.75) is 50.6 Å². The van der Waals surface area contributed by atoms with Crippen LogP contribution in [0.1, 0.15) is 37.7 Å². The number of hydrogen-bond acceptors (Lipinski definition) is 3. The summed E-state index contributed by atoms with van der Waals surface area (Å²) < 4.78 is 5.71. The lowest BCUT2D eigenvalue weighted by Crippen LogP contribution is -2.44. The molecule has 1 saturated carbocycles. The van der Waals surface area contributed by atoms with E-state index in [1.807, 2.05) is 12.4 Å². The molecule has 2 aliphatic rings. The van der Waals surface area contributed by atoms with Crippen LogP contribution in [0.5, 0.6) is 0 Å². The standard InChI is InChI=1S/C16H24N2O/c1-2-4-15(5-3-1)18-16-12-19-11-14(16)10-13-6-8-17-9-7-13/h6-9,14-16,18H,1-5,10-12H2/t14-,16+/m1/s1. The molecule has 1 saturated heterocycles. The molecule has 2 atom stereocenters. The van der Waals surface area contributed by atoms with E-state index in [0.29, 0.717) is 12.0 Å². The average molecular weight is 260 g/mol. The Morgan fingerprint density at radius 1 is 1.11 bits per heavy atom. The van der Waals surface area contributed by atoms with Crippen LogP contribution < -0.4 is 5.32 Å². The molecule has 1 N–H and O–H groups in total. The molecule has 0 amide bonds. The number of aromatic nitrogens is 1. The van der Waals surface area contributed by atoms with Crippen molar-refractivity contribution in [3.05, 3.63) is 30.1 Å². The smallest absolute Gasteiger partial charge is 0.0623 e. The zero-order chi connectivity index (χ0) is 12.9. The maximum Gasteiger partial charge on any atom is 0.0623 e. The average Bonchev–Trinajstić information content (AvgIpc) is 2.88. The summed E-state index contributed by atoms with van der Waals surface area (Å²) in [5, 5.41) is 3.85. The lowest BCUT2D eigenvalue weighted by molar-refractivity contribution is 0.180. The minimum atomic E-state index is 0.538. The first-order chi connectivity index (χ1) is 9.42. The summed E-state index contributed by atoms with van der Waals surface area (Å²) in [5.41, 5.74) is 1.38. The zero-order valence-corrected chi connectivity index (χ0v) is 11.6. The largest absolute Gasteiger partial charge is 0.379 e. The van der Waals surface area contributed by atoms with Gasteiger partial charge in [0.05, 0.1) is 13.2 Å². The van der Waals surface area contributed by atoms with Crippen molar-refractivity contribution in [1.29, 1.82) is 0 Å². The molecule has 0 aromatic carbocycles. The van der Waals surface area contributed by atoms with Crippen LogP contribution in [0.3, 0.4) is 0 Å². The molecule has 3 nitrogen and oxygen atoms in total. The fourth-order valence-electron chi connectivity index (χ4n) is 3.38. The molecule has 1 aliphatic heterocycles. The first kappa shape index (κ1) is 13.1. The second-order valence-electron chi connectivity index (χ2n) is 5.97. The van der Waals surface area contributed by atoms with E-state index in [4.69, 9.17) is 4.74 Å². The van der Waals surface area contributed by atoms with Gasteiger partial charge in [-0.2, -0.15) is 0 Å². The fourth-order valence-corrected chi connectivity index (χ4v) is 3.38. The third kappa shape index (κ3) is 3.54. The highest BCUT2D eigenvalue weighted by molar-refractivity contribution is 5.11. The molecular formula is C16H24N2O. The van der Waals surface area contributed by atoms with Gasteiger partial charge in [-0.15, -0.1) is 0 Å². The Balaban J connectivity index is 1.55. The zero-order valence-electron chi connectivity index (χ0n) is 11.6. The number of ether oxygens (including phenoxy) is 1. The number of pyridine rings is 1. The van der Waals surface area contributed by atoms with Gasteiger partial charge in [0.25, 0.3) is 0 Å². The van der Waals surface area contributed by atoms with Crippen LogP contribution in [0.4, 0.5) is 0 Å². The Morgan fingerprint density at radius 3 is 2.68 bits per heavy atom. The molecule has 2 heterocycles. The number of rotatable bonds is 4. The molecular weight excluding hydrogens is 236 g/mol. The predicted molar refractivity (Wildman–Crippen MR) is 76.0 cm³/mol. The molecule has 1 aromatic heterocycles. The van der Waals surface area contributed by atoms with Crippen molar-refractivity contribution in [3.8, 4) is 0 Å². The van der Waals surface area contributed by atoms with Crippen molar-refractivity contribution in [1.82, 2.24) is 10.3 Å². The van der Waals surface area contributed by atoms with Crippen LogP contribution in [0, 0.1) is 5.92 Å². The maximum atomic E-state index is 5.71. The van der Waals surface area contributed by atoms with Gasteiger partial charge in [0.15, 0.2) is 0 Å². The molecule has 104 valence electrons. The minimum absolute atomic E-state index is 0.538. The van der Waals surface area contributed by atoms with Gasteiger partial charge < -0.3 is 10.1 Å². The molecule has 19 heavy (non-hydrogen) atoms. The van der Waals surface area contributed by atoms with Gasteiger partial charge in [-0.05, 0) is 37.0 Å². The van der Waals surface area contributed by atoms with E-state index in [1.165, 1.54) is 37.7 Å². The van der Waals surface area contributed by atoms with Gasteiger partial charge in [-0.1, -0.05) is 19.3 Å². The van der Waals surface area contributed by atoms with Gasteiger partial charge >= 0.3 is 0 Å². The lowest BCUT2D eigenvalue weighted by Gasteiger charge is -2.28. The van der Waals surface area contributed by atoms with Gasteiger partial charge in [-0.3, -0.25) is 4.98 Å². The van der Waals surface area contributed by atoms with Crippen LogP contribution >= 0.6 is 0 Å². The highest BCUT2D eigenvalue weighted by atomic mass is 16.5. The summed E-state index contributed by atoms with van der Waals surface area (Å²) in [5.74, 6) is 0.615. The summed E-state index contributed by atoms with van der Waals surface area (Å²) in [7, 11) is 0. The Labute approximate surface area is 115 Å². The van der Waals surface area contributed by atoms with E-state index in [0.717, 1.165) is 25.7 Å². The Morgan fingerprint density at radius 2 is 1.89 bits per heavy atom. The highest BCUT2D eigenvalue weighted by Crippen LogP contribution is 2.23. The summed E-state index contributed by atoms with van der Waals surface area (Å²) in [6, 6.07) is 5.50. The third-order valence-electron chi connectivity index (χ3n) is 4.50. The van der Waals surface area contributed by atoms with Gasteiger partial charge in [0.1, 0.15) is 0 Å². The molecule has 0 radical (unpaired) electrons. The summed E-state index contributed by atoms with van der Waals surface area (Å²) >= 11 is 0. The molecule has 0 spiro atoms. The van der Waals surface area contributed by atoms with Crippen LogP contribution in [-0.4, -0.2) is 30.3 Å². The molecule has 0 unspecified atom stereocenters. The van der Waals surface area contributed by atoms with E-state index in [1.54, 1.807) is 0 Å². The second-order valence-corrected chi connectivity index (χ2v) is 5.97. The van der Waals surface area contributed by atoms with Crippen molar-refractivity contribution in [2.75, 3.05) is 13.2 Å². The molecule has 2 fully saturated rings. The van der Waals surface area contributed by atoms with E-state index < -0.39 is 0 Å². The highest BCUT2D eigenvalue weighted by Gasteiger charge is 2.30. The van der Waals surface area contributed by atoms with Gasteiger partial charge in [0, 0.05) is 30.4 Å². The monoisotopic (exact) mass is 260 g/mol. The Bertz CT molecular complexity index is 376. The first-order valence-corrected chi connectivity index (χ1v) is 7.64. The summed E-state index contributed by atoms with van der Waals surface area (Å²) in [6.07, 6.45) is 11.8. The van der Waals surface area contributed by atoms with Crippen LogP contribution in [0.15, 0.2) is 24.5 Å². The molecule has 1 aromatic rings. The topological polar surface area (TPSA) is 34.1 Å². The number of hydrogen-bond donors (Lipinski definition) is 1. The fraction of sp³-hybridized carbons (Fsp3) is 0.688. The summed E-state index contributed by atoms with van der Waals surface area (Å²) in [6.45, 7) is 1.78. The normalized spacial score (nSPS) is 28.6. The van der Waals surface area contributed by atoms with E-state index >= 15 is 0 Å². The number of nitrogens with zero attached hydrogens (tertiary/aromatic N) is 1. The SMILES string of the molecule is c1cc(C[C@@H]2COC[C@@H]2NC2CCCCC2)ccn1. The maximum absolute atomic E-state index is 5.71. The van der Waals surface area contributed by atoms with Gasteiger partial charge in [0.2, 0.25) is 0 Å². The predicted octanol–water partition coefficient (Wildman–Crippen LogP) is 2.56. The van der Waals surface area contributed by atoms with Gasteiger partial charge in [-0.25, -0.2) is 0 Å². The molecule has 3 rings (SSSR count). The lowest BCUT2D eigenvalue weighted by atomic mass is 9.91. The third-order valence-corrected chi connectivity index (χ3v) is 4.50. The molecule has 3 heteroatoms. The second kappa shape index (κ2) is 6.49. The Kier molecular flexibility index (Phi) is 4.46. The van der Waals surface area contributed by atoms with Crippen LogP contribution in [-0.2, 0) is 11.2 Å². The van der Waals surface area contributed by atoms with E-state index in [9.17, 15) is 0 Å². The van der Waals surface area contributed by atoms with Crippen molar-refractivity contribution >= 4 is 0 Å². The van der Waals surface area contributed by atoms with Crippen LogP contribution in [0.25, 0.3) is 0 Å². The van der Waals surface area contributed by atoms with Crippen molar-refractivity contribution < 1.29 is 4.74 Å². The quantitative estimate of drug-likeness (QED) is 0.903. The van der Waals surface area contributed by atoms with Crippen molar-refractivity contribution in [3.63, 3.8) is 0 Å². The first-order valence-electron chi connectivity index (χ1n) is 7.64. The van der Waals surface area contributed by atoms with E-state index in [-0.39, 0.29) is 0 Å².